The molecule has 1 aromatic carbocycles. The summed E-state index contributed by atoms with van der Waals surface area (Å²) in [7, 11) is 0. The number of carbonyl (C=O) groups is 1. The fraction of sp³-hybridized carbons (Fsp3) is 0.143. The predicted molar refractivity (Wildman–Crippen MR) is 73.7 cm³/mol. The van der Waals surface area contributed by atoms with Crippen molar-refractivity contribution in [3.05, 3.63) is 47.7 Å². The molecule has 0 unspecified atom stereocenters. The standard InChI is InChI=1S/C14H15N3O2/c1-2-11-9-13(17-16-11)15-14(19)8-5-10-3-6-12(18)7-4-10/h3-9,18H,2H2,1H3,(H2,15,16,17,19)/b8-5+. The largest absolute Gasteiger partial charge is 0.508 e. The van der Waals surface area contributed by atoms with E-state index in [4.69, 9.17) is 5.11 Å². The molecule has 0 saturated carbocycles. The van der Waals surface area contributed by atoms with Crippen molar-refractivity contribution >= 4 is 17.8 Å². The van der Waals surface area contributed by atoms with Crippen LogP contribution < -0.4 is 5.32 Å². The number of hydrogen-bond donors (Lipinski definition) is 3. The number of rotatable bonds is 4. The van der Waals surface area contributed by atoms with Gasteiger partial charge in [0, 0.05) is 17.8 Å². The third kappa shape index (κ3) is 3.70. The number of phenolic OH excluding ortho intramolecular Hbond substituents is 1. The molecule has 3 N–H and O–H groups in total. The van der Waals surface area contributed by atoms with Gasteiger partial charge in [0.25, 0.3) is 0 Å². The van der Waals surface area contributed by atoms with Crippen LogP contribution in [0.4, 0.5) is 5.82 Å². The van der Waals surface area contributed by atoms with Crippen molar-refractivity contribution in [3.8, 4) is 5.75 Å². The Morgan fingerprint density at radius 2 is 2.16 bits per heavy atom. The van der Waals surface area contributed by atoms with Crippen LogP contribution in [0.5, 0.6) is 5.75 Å². The molecular formula is C14H15N3O2. The van der Waals surface area contributed by atoms with Gasteiger partial charge < -0.3 is 10.4 Å². The maximum Gasteiger partial charge on any atom is 0.249 e. The minimum absolute atomic E-state index is 0.199. The lowest BCUT2D eigenvalue weighted by atomic mass is 10.2. The normalized spacial score (nSPS) is 10.8. The van der Waals surface area contributed by atoms with E-state index < -0.39 is 0 Å². The second-order valence-electron chi connectivity index (χ2n) is 4.05. The van der Waals surface area contributed by atoms with E-state index in [0.717, 1.165) is 17.7 Å². The summed E-state index contributed by atoms with van der Waals surface area (Å²) in [5.41, 5.74) is 1.81. The molecule has 19 heavy (non-hydrogen) atoms. The van der Waals surface area contributed by atoms with E-state index in [-0.39, 0.29) is 11.7 Å². The van der Waals surface area contributed by atoms with Crippen LogP contribution in [-0.4, -0.2) is 21.2 Å². The van der Waals surface area contributed by atoms with Gasteiger partial charge in [0.15, 0.2) is 5.82 Å². The second kappa shape index (κ2) is 5.86. The molecular weight excluding hydrogens is 242 g/mol. The smallest absolute Gasteiger partial charge is 0.249 e. The van der Waals surface area contributed by atoms with Gasteiger partial charge >= 0.3 is 0 Å². The summed E-state index contributed by atoms with van der Waals surface area (Å²) in [6.07, 6.45) is 3.93. The summed E-state index contributed by atoms with van der Waals surface area (Å²) in [6, 6.07) is 8.38. The number of nitrogens with zero attached hydrogens (tertiary/aromatic N) is 1. The monoisotopic (exact) mass is 257 g/mol. The molecule has 0 aliphatic heterocycles. The number of aromatic nitrogens is 2. The van der Waals surface area contributed by atoms with E-state index in [9.17, 15) is 4.79 Å². The van der Waals surface area contributed by atoms with Gasteiger partial charge in [-0.2, -0.15) is 5.10 Å². The number of aryl methyl sites for hydroxylation is 1. The Morgan fingerprint density at radius 3 is 2.79 bits per heavy atom. The molecule has 2 rings (SSSR count). The number of aromatic hydroxyl groups is 1. The van der Waals surface area contributed by atoms with Crippen LogP contribution in [0.1, 0.15) is 18.2 Å². The Bertz CT molecular complexity index is 585. The number of hydrogen-bond acceptors (Lipinski definition) is 3. The van der Waals surface area contributed by atoms with Crippen molar-refractivity contribution < 1.29 is 9.90 Å². The highest BCUT2D eigenvalue weighted by Crippen LogP contribution is 2.11. The molecule has 0 aliphatic carbocycles. The van der Waals surface area contributed by atoms with Crippen molar-refractivity contribution in [1.29, 1.82) is 0 Å². The average molecular weight is 257 g/mol. The Kier molecular flexibility index (Phi) is 3.97. The average Bonchev–Trinajstić information content (AvgIpc) is 2.86. The van der Waals surface area contributed by atoms with Gasteiger partial charge in [0.05, 0.1) is 0 Å². The Balaban J connectivity index is 1.95. The molecule has 0 atom stereocenters. The van der Waals surface area contributed by atoms with Gasteiger partial charge in [-0.1, -0.05) is 19.1 Å². The van der Waals surface area contributed by atoms with E-state index >= 15 is 0 Å². The third-order valence-electron chi connectivity index (χ3n) is 2.58. The van der Waals surface area contributed by atoms with E-state index in [1.54, 1.807) is 36.4 Å². The molecule has 2 aromatic rings. The Hall–Kier alpha value is -2.56. The van der Waals surface area contributed by atoms with Crippen molar-refractivity contribution in [1.82, 2.24) is 10.2 Å². The minimum Gasteiger partial charge on any atom is -0.508 e. The van der Waals surface area contributed by atoms with Gasteiger partial charge in [0.1, 0.15) is 5.75 Å². The lowest BCUT2D eigenvalue weighted by Gasteiger charge is -1.96. The minimum atomic E-state index is -0.248. The van der Waals surface area contributed by atoms with Crippen LogP contribution in [-0.2, 0) is 11.2 Å². The van der Waals surface area contributed by atoms with E-state index in [2.05, 4.69) is 15.5 Å². The number of nitrogens with one attached hydrogen (secondary N) is 2. The number of aromatic amines is 1. The van der Waals surface area contributed by atoms with E-state index in [0.29, 0.717) is 5.82 Å². The first-order valence-electron chi connectivity index (χ1n) is 6.00. The van der Waals surface area contributed by atoms with Crippen LogP contribution in [0, 0.1) is 0 Å². The van der Waals surface area contributed by atoms with Crippen LogP contribution >= 0.6 is 0 Å². The first-order valence-corrected chi connectivity index (χ1v) is 6.00. The number of phenols is 1. The van der Waals surface area contributed by atoms with Gasteiger partial charge in [-0.25, -0.2) is 0 Å². The predicted octanol–water partition coefficient (Wildman–Crippen LogP) is 2.33. The highest BCUT2D eigenvalue weighted by atomic mass is 16.3. The summed E-state index contributed by atoms with van der Waals surface area (Å²) >= 11 is 0. The first kappa shape index (κ1) is 12.9. The molecule has 1 aromatic heterocycles. The zero-order valence-corrected chi connectivity index (χ0v) is 10.6. The Morgan fingerprint density at radius 1 is 1.42 bits per heavy atom. The Labute approximate surface area is 111 Å². The highest BCUT2D eigenvalue weighted by molar-refractivity contribution is 6.01. The molecule has 1 amide bonds. The zero-order valence-electron chi connectivity index (χ0n) is 10.6. The molecule has 0 radical (unpaired) electrons. The van der Waals surface area contributed by atoms with Crippen LogP contribution in [0.3, 0.4) is 0 Å². The topological polar surface area (TPSA) is 78.0 Å². The lowest BCUT2D eigenvalue weighted by Crippen LogP contribution is -2.07. The maximum absolute atomic E-state index is 11.6. The van der Waals surface area contributed by atoms with Crippen LogP contribution in [0.15, 0.2) is 36.4 Å². The molecule has 0 fully saturated rings. The fourth-order valence-corrected chi connectivity index (χ4v) is 1.53. The number of carbonyl (C=O) groups excluding carboxylic acids is 1. The van der Waals surface area contributed by atoms with Gasteiger partial charge in [0.2, 0.25) is 5.91 Å². The van der Waals surface area contributed by atoms with Gasteiger partial charge in [-0.05, 0) is 30.2 Å². The molecule has 0 bridgehead atoms. The number of H-pyrrole nitrogens is 1. The van der Waals surface area contributed by atoms with Crippen molar-refractivity contribution in [2.45, 2.75) is 13.3 Å². The molecule has 1 heterocycles. The summed E-state index contributed by atoms with van der Waals surface area (Å²) in [5, 5.41) is 18.6. The van der Waals surface area contributed by atoms with Crippen molar-refractivity contribution in [2.75, 3.05) is 5.32 Å². The quantitative estimate of drug-likeness (QED) is 0.735. The summed E-state index contributed by atoms with van der Waals surface area (Å²) in [6.45, 7) is 2.00. The lowest BCUT2D eigenvalue weighted by molar-refractivity contribution is -0.111. The summed E-state index contributed by atoms with van der Waals surface area (Å²) in [5.74, 6) is 0.463. The van der Waals surface area contributed by atoms with E-state index in [1.165, 1.54) is 6.08 Å². The van der Waals surface area contributed by atoms with Crippen LogP contribution in [0.2, 0.25) is 0 Å². The maximum atomic E-state index is 11.6. The second-order valence-corrected chi connectivity index (χ2v) is 4.05. The molecule has 0 saturated heterocycles. The first-order chi connectivity index (χ1) is 9.17. The van der Waals surface area contributed by atoms with Gasteiger partial charge in [-0.3, -0.25) is 9.89 Å². The number of anilines is 1. The molecule has 98 valence electrons. The molecule has 5 heteroatoms. The molecule has 0 spiro atoms. The number of amides is 1. The third-order valence-corrected chi connectivity index (χ3v) is 2.58. The van der Waals surface area contributed by atoms with Crippen molar-refractivity contribution in [3.63, 3.8) is 0 Å². The fourth-order valence-electron chi connectivity index (χ4n) is 1.53. The van der Waals surface area contributed by atoms with Gasteiger partial charge in [-0.15, -0.1) is 0 Å². The number of benzene rings is 1. The van der Waals surface area contributed by atoms with Crippen molar-refractivity contribution in [2.24, 2.45) is 0 Å². The highest BCUT2D eigenvalue weighted by Gasteiger charge is 2.02. The van der Waals surface area contributed by atoms with E-state index in [1.807, 2.05) is 6.92 Å². The zero-order chi connectivity index (χ0) is 13.7. The summed E-state index contributed by atoms with van der Waals surface area (Å²) < 4.78 is 0. The van der Waals surface area contributed by atoms with Crippen LogP contribution in [0.25, 0.3) is 6.08 Å². The molecule has 5 nitrogen and oxygen atoms in total. The summed E-state index contributed by atoms with van der Waals surface area (Å²) in [4.78, 5) is 11.6. The SMILES string of the molecule is CCc1cc(NC(=O)/C=C/c2ccc(O)cc2)n[nH]1. The molecule has 0 aliphatic rings.